The fraction of sp³-hybridized carbons (Fsp3) is 0.312. The highest BCUT2D eigenvalue weighted by Gasteiger charge is 2.14. The molecule has 1 N–H and O–H groups in total. The van der Waals surface area contributed by atoms with E-state index in [1.54, 1.807) is 30.2 Å². The molecule has 0 aliphatic carbocycles. The summed E-state index contributed by atoms with van der Waals surface area (Å²) in [6.45, 7) is 5.13. The topological polar surface area (TPSA) is 67.4 Å². The Labute approximate surface area is 140 Å². The molecule has 0 saturated heterocycles. The van der Waals surface area contributed by atoms with Gasteiger partial charge in [0.25, 0.3) is 5.91 Å². The van der Waals surface area contributed by atoms with Crippen LogP contribution >= 0.6 is 11.6 Å². The van der Waals surface area contributed by atoms with E-state index in [-0.39, 0.29) is 5.91 Å². The first-order valence-corrected chi connectivity index (χ1v) is 7.68. The monoisotopic (exact) mass is 334 g/mol. The number of rotatable bonds is 6. The van der Waals surface area contributed by atoms with E-state index in [1.807, 2.05) is 19.9 Å². The summed E-state index contributed by atoms with van der Waals surface area (Å²) < 4.78 is 5.12. The molecule has 122 valence electrons. The number of nitrogens with zero attached hydrogens (tertiary/aromatic N) is 3. The second-order valence-corrected chi connectivity index (χ2v) is 5.15. The molecule has 1 heterocycles. The molecule has 0 saturated carbocycles. The highest BCUT2D eigenvalue weighted by atomic mass is 35.5. The lowest BCUT2D eigenvalue weighted by molar-refractivity contribution is 0.0767. The maximum Gasteiger partial charge on any atom is 0.272 e. The van der Waals surface area contributed by atoms with Crippen molar-refractivity contribution in [3.8, 4) is 5.75 Å². The molecule has 0 bridgehead atoms. The third kappa shape index (κ3) is 4.10. The van der Waals surface area contributed by atoms with Crippen molar-refractivity contribution in [2.45, 2.75) is 13.8 Å². The number of methoxy groups -OCH3 is 1. The number of ether oxygens (including phenoxy) is 1. The minimum absolute atomic E-state index is 0.117. The number of carbonyl (C=O) groups excluding carboxylic acids is 1. The summed E-state index contributed by atoms with van der Waals surface area (Å²) in [7, 11) is 1.56. The highest BCUT2D eigenvalue weighted by Crippen LogP contribution is 2.28. The zero-order chi connectivity index (χ0) is 16.8. The van der Waals surface area contributed by atoms with E-state index >= 15 is 0 Å². The largest absolute Gasteiger partial charge is 0.495 e. The molecule has 1 amide bonds. The van der Waals surface area contributed by atoms with Gasteiger partial charge in [-0.1, -0.05) is 11.6 Å². The van der Waals surface area contributed by atoms with Crippen LogP contribution in [-0.2, 0) is 0 Å². The molecule has 7 heteroatoms. The lowest BCUT2D eigenvalue weighted by Gasteiger charge is -2.18. The molecule has 0 spiro atoms. The molecule has 23 heavy (non-hydrogen) atoms. The summed E-state index contributed by atoms with van der Waals surface area (Å²) in [6.07, 6.45) is 1.37. The van der Waals surface area contributed by atoms with Gasteiger partial charge in [-0.05, 0) is 32.0 Å². The van der Waals surface area contributed by atoms with Gasteiger partial charge in [0.2, 0.25) is 0 Å². The van der Waals surface area contributed by atoms with Gasteiger partial charge in [0, 0.05) is 24.8 Å². The highest BCUT2D eigenvalue weighted by molar-refractivity contribution is 6.32. The second-order valence-electron chi connectivity index (χ2n) is 4.74. The number of aromatic nitrogens is 2. The van der Waals surface area contributed by atoms with E-state index in [2.05, 4.69) is 15.3 Å². The lowest BCUT2D eigenvalue weighted by atomic mass is 10.3. The molecule has 0 unspecified atom stereocenters. The van der Waals surface area contributed by atoms with Crippen LogP contribution in [-0.4, -0.2) is 41.0 Å². The molecule has 0 aliphatic heterocycles. The van der Waals surface area contributed by atoms with E-state index in [0.29, 0.717) is 35.4 Å². The summed E-state index contributed by atoms with van der Waals surface area (Å²) >= 11 is 6.10. The Hall–Kier alpha value is -2.34. The Morgan fingerprint density at radius 1 is 1.26 bits per heavy atom. The number of hydrogen-bond acceptors (Lipinski definition) is 5. The predicted molar refractivity (Wildman–Crippen MR) is 90.6 cm³/mol. The standard InChI is InChI=1S/C16H19ClN4O2/c1-4-21(5-2)16(22)13-9-15(19-10-18-13)20-11-6-7-14(23-3)12(17)8-11/h6-10H,4-5H2,1-3H3,(H,18,19,20). The summed E-state index contributed by atoms with van der Waals surface area (Å²) in [6, 6.07) is 6.93. The van der Waals surface area contributed by atoms with Crippen LogP contribution in [0.5, 0.6) is 5.75 Å². The molecule has 2 aromatic rings. The normalized spacial score (nSPS) is 10.3. The number of carbonyl (C=O) groups is 1. The molecule has 6 nitrogen and oxygen atoms in total. The third-order valence-corrected chi connectivity index (χ3v) is 3.66. The fourth-order valence-electron chi connectivity index (χ4n) is 2.11. The van der Waals surface area contributed by atoms with Crippen molar-refractivity contribution in [1.82, 2.24) is 14.9 Å². The van der Waals surface area contributed by atoms with Gasteiger partial charge >= 0.3 is 0 Å². The average molecular weight is 335 g/mol. The van der Waals surface area contributed by atoms with Gasteiger partial charge in [0.05, 0.1) is 12.1 Å². The van der Waals surface area contributed by atoms with Crippen LogP contribution in [0.4, 0.5) is 11.5 Å². The van der Waals surface area contributed by atoms with Crippen LogP contribution in [0.2, 0.25) is 5.02 Å². The first-order valence-electron chi connectivity index (χ1n) is 7.30. The van der Waals surface area contributed by atoms with Crippen molar-refractivity contribution in [1.29, 1.82) is 0 Å². The molecular formula is C16H19ClN4O2. The Bertz CT molecular complexity index is 690. The first kappa shape index (κ1) is 17.0. The van der Waals surface area contributed by atoms with Crippen molar-refractivity contribution >= 4 is 29.0 Å². The summed E-state index contributed by atoms with van der Waals surface area (Å²) in [5.41, 5.74) is 1.10. The predicted octanol–water partition coefficient (Wildman–Crippen LogP) is 3.36. The molecule has 2 rings (SSSR count). The quantitative estimate of drug-likeness (QED) is 0.877. The van der Waals surface area contributed by atoms with E-state index in [9.17, 15) is 4.79 Å². The van der Waals surface area contributed by atoms with Crippen LogP contribution < -0.4 is 10.1 Å². The van der Waals surface area contributed by atoms with Gasteiger partial charge in [-0.3, -0.25) is 4.79 Å². The van der Waals surface area contributed by atoms with Crippen molar-refractivity contribution in [3.63, 3.8) is 0 Å². The number of anilines is 2. The van der Waals surface area contributed by atoms with E-state index in [0.717, 1.165) is 5.69 Å². The van der Waals surface area contributed by atoms with Gasteiger partial charge in [-0.15, -0.1) is 0 Å². The van der Waals surface area contributed by atoms with Gasteiger partial charge in [-0.2, -0.15) is 0 Å². The maximum atomic E-state index is 12.3. The maximum absolute atomic E-state index is 12.3. The van der Waals surface area contributed by atoms with Gasteiger partial charge in [0.15, 0.2) is 0 Å². The number of benzene rings is 1. The van der Waals surface area contributed by atoms with Crippen molar-refractivity contribution in [3.05, 3.63) is 41.3 Å². The zero-order valence-corrected chi connectivity index (χ0v) is 14.1. The van der Waals surface area contributed by atoms with Crippen LogP contribution in [0, 0.1) is 0 Å². The lowest BCUT2D eigenvalue weighted by Crippen LogP contribution is -2.31. The fourth-order valence-corrected chi connectivity index (χ4v) is 2.37. The smallest absolute Gasteiger partial charge is 0.272 e. The minimum atomic E-state index is -0.117. The Morgan fingerprint density at radius 2 is 2.00 bits per heavy atom. The molecular weight excluding hydrogens is 316 g/mol. The molecule has 0 aliphatic rings. The van der Waals surface area contributed by atoms with Crippen LogP contribution in [0.1, 0.15) is 24.3 Å². The van der Waals surface area contributed by atoms with Crippen LogP contribution in [0.25, 0.3) is 0 Å². The van der Waals surface area contributed by atoms with Crippen LogP contribution in [0.3, 0.4) is 0 Å². The Kier molecular flexibility index (Phi) is 5.76. The van der Waals surface area contributed by atoms with E-state index < -0.39 is 0 Å². The molecule has 0 atom stereocenters. The summed E-state index contributed by atoms with van der Waals surface area (Å²) in [5.74, 6) is 1.00. The van der Waals surface area contributed by atoms with Crippen molar-refractivity contribution in [2.24, 2.45) is 0 Å². The van der Waals surface area contributed by atoms with Crippen molar-refractivity contribution < 1.29 is 9.53 Å². The summed E-state index contributed by atoms with van der Waals surface area (Å²) in [4.78, 5) is 22.2. The second kappa shape index (κ2) is 7.78. The molecule has 1 aromatic heterocycles. The Morgan fingerprint density at radius 3 is 2.61 bits per heavy atom. The average Bonchev–Trinajstić information content (AvgIpc) is 2.56. The van der Waals surface area contributed by atoms with Gasteiger partial charge < -0.3 is 15.0 Å². The van der Waals surface area contributed by atoms with Gasteiger partial charge in [0.1, 0.15) is 23.6 Å². The number of amides is 1. The number of nitrogens with one attached hydrogen (secondary N) is 1. The van der Waals surface area contributed by atoms with E-state index in [1.165, 1.54) is 6.33 Å². The minimum Gasteiger partial charge on any atom is -0.495 e. The zero-order valence-electron chi connectivity index (χ0n) is 13.3. The van der Waals surface area contributed by atoms with Crippen molar-refractivity contribution in [2.75, 3.05) is 25.5 Å². The summed E-state index contributed by atoms with van der Waals surface area (Å²) in [5, 5.41) is 3.60. The third-order valence-electron chi connectivity index (χ3n) is 3.36. The number of hydrogen-bond donors (Lipinski definition) is 1. The van der Waals surface area contributed by atoms with Gasteiger partial charge in [-0.25, -0.2) is 9.97 Å². The van der Waals surface area contributed by atoms with Crippen LogP contribution in [0.15, 0.2) is 30.6 Å². The van der Waals surface area contributed by atoms with E-state index in [4.69, 9.17) is 16.3 Å². The SMILES string of the molecule is CCN(CC)C(=O)c1cc(Nc2ccc(OC)c(Cl)c2)ncn1. The molecule has 1 aromatic carbocycles. The Balaban J connectivity index is 2.20. The molecule has 0 fully saturated rings. The first-order chi connectivity index (χ1) is 11.1. The number of halogens is 1. The molecule has 0 radical (unpaired) electrons.